The van der Waals surface area contributed by atoms with Crippen LogP contribution in [-0.2, 0) is 16.4 Å². The second kappa shape index (κ2) is 12.7. The molecule has 0 amide bonds. The molecule has 0 radical (unpaired) electrons. The topological polar surface area (TPSA) is 138 Å². The molecule has 0 bridgehead atoms. The Hall–Kier alpha value is -3.94. The Balaban J connectivity index is 1.44. The molecule has 43 heavy (non-hydrogen) atoms. The Morgan fingerprint density at radius 1 is 1.07 bits per heavy atom. The van der Waals surface area contributed by atoms with Crippen LogP contribution in [0.5, 0.6) is 5.75 Å². The Morgan fingerprint density at radius 3 is 2.49 bits per heavy atom. The van der Waals surface area contributed by atoms with Gasteiger partial charge in [0.25, 0.3) is 0 Å². The predicted octanol–water partition coefficient (Wildman–Crippen LogP) is 5.03. The van der Waals surface area contributed by atoms with E-state index >= 15 is 0 Å². The highest BCUT2D eigenvalue weighted by atomic mass is 35.5. The molecule has 0 atom stereocenters. The number of aromatic nitrogens is 4. The Labute approximate surface area is 256 Å². The van der Waals surface area contributed by atoms with E-state index in [1.54, 1.807) is 19.2 Å². The monoisotopic (exact) mass is 625 g/mol. The number of anilines is 6. The van der Waals surface area contributed by atoms with Crippen molar-refractivity contribution in [2.24, 2.45) is 0 Å². The Bertz CT molecular complexity index is 1730. The molecule has 1 aliphatic rings. The van der Waals surface area contributed by atoms with E-state index in [9.17, 15) is 8.42 Å². The fraction of sp³-hybridized carbons (Fsp3) is 0.379. The molecule has 228 valence electrons. The van der Waals surface area contributed by atoms with Gasteiger partial charge in [-0.3, -0.25) is 14.7 Å². The number of methoxy groups -OCH3 is 1. The molecule has 0 unspecified atom stereocenters. The van der Waals surface area contributed by atoms with Crippen LogP contribution in [0.4, 0.5) is 34.5 Å². The zero-order valence-electron chi connectivity index (χ0n) is 24.8. The summed E-state index contributed by atoms with van der Waals surface area (Å²) in [5.41, 5.74) is 4.62. The van der Waals surface area contributed by atoms with Gasteiger partial charge in [0.1, 0.15) is 16.3 Å². The number of ether oxygens (including phenoxy) is 1. The normalized spacial score (nSPS) is 14.3. The van der Waals surface area contributed by atoms with Crippen LogP contribution in [0.1, 0.15) is 25.3 Å². The third kappa shape index (κ3) is 7.00. The predicted molar refractivity (Wildman–Crippen MR) is 173 cm³/mol. The number of fused-ring (bicyclic) bond motifs is 1. The minimum atomic E-state index is -3.63. The van der Waals surface area contributed by atoms with E-state index in [4.69, 9.17) is 16.3 Å². The molecule has 1 saturated heterocycles. The molecule has 4 aromatic rings. The van der Waals surface area contributed by atoms with E-state index < -0.39 is 10.0 Å². The highest BCUT2D eigenvalue weighted by molar-refractivity contribution is 7.92. The molecule has 3 heterocycles. The van der Waals surface area contributed by atoms with Crippen molar-refractivity contribution in [2.75, 3.05) is 60.8 Å². The van der Waals surface area contributed by atoms with Crippen molar-refractivity contribution in [1.29, 1.82) is 0 Å². The van der Waals surface area contributed by atoms with Crippen molar-refractivity contribution >= 4 is 67.2 Å². The molecule has 2 aromatic heterocycles. The van der Waals surface area contributed by atoms with Crippen molar-refractivity contribution in [1.82, 2.24) is 24.8 Å². The summed E-state index contributed by atoms with van der Waals surface area (Å²) in [6.45, 7) is 4.10. The van der Waals surface area contributed by atoms with Crippen LogP contribution in [0.2, 0.25) is 5.02 Å². The number of benzene rings is 2. The van der Waals surface area contributed by atoms with Gasteiger partial charge in [0.2, 0.25) is 16.0 Å². The van der Waals surface area contributed by atoms with Gasteiger partial charge < -0.3 is 25.2 Å². The molecular weight excluding hydrogens is 590 g/mol. The van der Waals surface area contributed by atoms with Gasteiger partial charge in [-0.25, -0.2) is 13.4 Å². The minimum Gasteiger partial charge on any atom is -0.494 e. The lowest BCUT2D eigenvalue weighted by Gasteiger charge is -2.37. The molecule has 2 aromatic carbocycles. The second-order valence-electron chi connectivity index (χ2n) is 10.6. The van der Waals surface area contributed by atoms with Crippen molar-refractivity contribution in [3.05, 3.63) is 53.4 Å². The third-order valence-electron chi connectivity index (χ3n) is 7.49. The van der Waals surface area contributed by atoms with Gasteiger partial charge in [0, 0.05) is 43.3 Å². The fourth-order valence-corrected chi connectivity index (χ4v) is 5.99. The van der Waals surface area contributed by atoms with Gasteiger partial charge in [-0.15, -0.1) is 0 Å². The smallest absolute Gasteiger partial charge is 0.229 e. The van der Waals surface area contributed by atoms with Crippen molar-refractivity contribution in [2.45, 2.75) is 32.2 Å². The van der Waals surface area contributed by atoms with E-state index in [1.165, 1.54) is 29.8 Å². The Kier molecular flexibility index (Phi) is 9.04. The first kappa shape index (κ1) is 30.5. The highest BCUT2D eigenvalue weighted by Gasteiger charge is 2.24. The maximum absolute atomic E-state index is 12.2. The number of rotatable bonds is 10. The average Bonchev–Trinajstić information content (AvgIpc) is 2.99. The first-order valence-corrected chi connectivity index (χ1v) is 16.2. The lowest BCUT2D eigenvalue weighted by atomic mass is 10.0. The maximum atomic E-state index is 12.2. The number of halogens is 1. The SMILES string of the molecule is CCc1cc(Nc2ncc(Cl)c(Nc3ccc4nccnc4c3NS(C)(=O)=O)n2)c(OC)cc1N1CCC(N(C)C)CC1. The summed E-state index contributed by atoms with van der Waals surface area (Å²) in [5.74, 6) is 1.22. The molecule has 14 heteroatoms. The van der Waals surface area contributed by atoms with Gasteiger partial charge in [0.05, 0.1) is 42.1 Å². The number of hydrogen-bond acceptors (Lipinski definition) is 11. The van der Waals surface area contributed by atoms with Crippen LogP contribution in [0.25, 0.3) is 11.0 Å². The average molecular weight is 626 g/mol. The second-order valence-corrected chi connectivity index (χ2v) is 12.8. The number of sulfonamides is 1. The summed E-state index contributed by atoms with van der Waals surface area (Å²) in [5, 5.41) is 6.66. The summed E-state index contributed by atoms with van der Waals surface area (Å²) in [4.78, 5) is 22.3. The van der Waals surface area contributed by atoms with E-state index in [2.05, 4.69) is 78.2 Å². The van der Waals surface area contributed by atoms with Crippen molar-refractivity contribution < 1.29 is 13.2 Å². The first-order chi connectivity index (χ1) is 20.6. The van der Waals surface area contributed by atoms with Crippen LogP contribution in [0, 0.1) is 0 Å². The van der Waals surface area contributed by atoms with Crippen LogP contribution < -0.4 is 25.0 Å². The number of piperidine rings is 1. The van der Waals surface area contributed by atoms with Crippen LogP contribution in [0.15, 0.2) is 42.9 Å². The van der Waals surface area contributed by atoms with Gasteiger partial charge >= 0.3 is 0 Å². The first-order valence-electron chi connectivity index (χ1n) is 14.0. The zero-order chi connectivity index (χ0) is 30.7. The van der Waals surface area contributed by atoms with E-state index in [1.807, 2.05) is 0 Å². The number of hydrogen-bond donors (Lipinski definition) is 3. The number of nitrogens with one attached hydrogen (secondary N) is 3. The van der Waals surface area contributed by atoms with E-state index in [0.29, 0.717) is 28.5 Å². The zero-order valence-corrected chi connectivity index (χ0v) is 26.4. The lowest BCUT2D eigenvalue weighted by Crippen LogP contribution is -2.42. The summed E-state index contributed by atoms with van der Waals surface area (Å²) in [6.07, 6.45) is 8.64. The fourth-order valence-electron chi connectivity index (χ4n) is 5.27. The molecule has 0 saturated carbocycles. The molecule has 3 N–H and O–H groups in total. The molecule has 12 nitrogen and oxygen atoms in total. The van der Waals surface area contributed by atoms with Gasteiger partial charge in [-0.05, 0) is 57.1 Å². The molecule has 0 spiro atoms. The highest BCUT2D eigenvalue weighted by Crippen LogP contribution is 2.38. The van der Waals surface area contributed by atoms with Gasteiger partial charge in [0.15, 0.2) is 5.82 Å². The standard InChI is InChI=1S/C29H36ClN9O3S/c1-6-18-15-23(25(42-4)16-24(18)39-13-9-19(10-14-39)38(2)3)35-29-33-17-20(30)28(36-29)34-22-8-7-21-26(32-12-11-31-21)27(22)37-43(5,40)41/h7-8,11-12,15-17,19,37H,6,9-10,13-14H2,1-5H3,(H2,33,34,35,36). The van der Waals surface area contributed by atoms with Gasteiger partial charge in [-0.1, -0.05) is 18.5 Å². The molecule has 1 fully saturated rings. The van der Waals surface area contributed by atoms with Crippen LogP contribution >= 0.6 is 11.6 Å². The lowest BCUT2D eigenvalue weighted by molar-refractivity contribution is 0.249. The van der Waals surface area contributed by atoms with Gasteiger partial charge in [-0.2, -0.15) is 4.98 Å². The Morgan fingerprint density at radius 2 is 1.81 bits per heavy atom. The van der Waals surface area contributed by atoms with Crippen molar-refractivity contribution in [3.63, 3.8) is 0 Å². The molecule has 5 rings (SSSR count). The summed E-state index contributed by atoms with van der Waals surface area (Å²) in [7, 11) is 2.29. The molecular formula is C29H36ClN9O3S. The number of nitrogens with zero attached hydrogens (tertiary/aromatic N) is 6. The summed E-state index contributed by atoms with van der Waals surface area (Å²) < 4.78 is 32.7. The third-order valence-corrected chi connectivity index (χ3v) is 8.34. The largest absolute Gasteiger partial charge is 0.494 e. The molecule has 1 aliphatic heterocycles. The van der Waals surface area contributed by atoms with E-state index in [0.717, 1.165) is 44.3 Å². The van der Waals surface area contributed by atoms with Crippen LogP contribution in [-0.4, -0.2) is 79.8 Å². The number of aryl methyl sites for hydroxylation is 1. The minimum absolute atomic E-state index is 0.233. The maximum Gasteiger partial charge on any atom is 0.229 e. The summed E-state index contributed by atoms with van der Waals surface area (Å²) in [6, 6.07) is 8.16. The van der Waals surface area contributed by atoms with E-state index in [-0.39, 0.29) is 22.5 Å². The molecule has 0 aliphatic carbocycles. The summed E-state index contributed by atoms with van der Waals surface area (Å²) >= 11 is 6.48. The van der Waals surface area contributed by atoms with Crippen molar-refractivity contribution in [3.8, 4) is 5.75 Å². The quantitative estimate of drug-likeness (QED) is 0.219. The van der Waals surface area contributed by atoms with Crippen LogP contribution in [0.3, 0.4) is 0 Å².